The maximum absolute atomic E-state index is 12.2. The second-order valence-corrected chi connectivity index (χ2v) is 6.38. The molecule has 0 spiro atoms. The molecular formula is C19H17N5OS. The first kappa shape index (κ1) is 17.7. The highest BCUT2D eigenvalue weighted by molar-refractivity contribution is 7.99. The molecule has 0 aliphatic heterocycles. The van der Waals surface area contributed by atoms with Crippen molar-refractivity contribution in [3.05, 3.63) is 60.2 Å². The molecule has 1 heterocycles. The highest BCUT2D eigenvalue weighted by Gasteiger charge is 2.14. The van der Waals surface area contributed by atoms with Gasteiger partial charge in [-0.3, -0.25) is 4.79 Å². The van der Waals surface area contributed by atoms with Crippen LogP contribution in [0.1, 0.15) is 12.5 Å². The Bertz CT molecular complexity index is 929. The van der Waals surface area contributed by atoms with Crippen LogP contribution in [0.3, 0.4) is 0 Å². The maximum atomic E-state index is 12.2. The Kier molecular flexibility index (Phi) is 5.66. The molecule has 7 heteroatoms. The number of hydrogen-bond acceptors (Lipinski definition) is 5. The second kappa shape index (κ2) is 8.32. The highest BCUT2D eigenvalue weighted by atomic mass is 32.2. The van der Waals surface area contributed by atoms with Crippen LogP contribution in [-0.2, 0) is 11.3 Å². The van der Waals surface area contributed by atoms with E-state index in [1.165, 1.54) is 11.8 Å². The number of nitrogens with one attached hydrogen (secondary N) is 1. The number of benzene rings is 2. The van der Waals surface area contributed by atoms with Gasteiger partial charge in [-0.15, -0.1) is 10.2 Å². The largest absolute Gasteiger partial charge is 0.325 e. The van der Waals surface area contributed by atoms with E-state index < -0.39 is 0 Å². The molecule has 6 nitrogen and oxygen atoms in total. The molecule has 1 N–H and O–H groups in total. The molecule has 2 aromatic carbocycles. The predicted octanol–water partition coefficient (Wildman–Crippen LogP) is 3.57. The molecular weight excluding hydrogens is 346 g/mol. The minimum Gasteiger partial charge on any atom is -0.325 e. The number of nitriles is 1. The second-order valence-electron chi connectivity index (χ2n) is 5.44. The Morgan fingerprint density at radius 2 is 1.88 bits per heavy atom. The first-order chi connectivity index (χ1) is 12.7. The van der Waals surface area contributed by atoms with Crippen molar-refractivity contribution in [2.45, 2.75) is 18.6 Å². The van der Waals surface area contributed by atoms with Crippen molar-refractivity contribution in [3.63, 3.8) is 0 Å². The highest BCUT2D eigenvalue weighted by Crippen LogP contribution is 2.23. The number of hydrogen-bond donors (Lipinski definition) is 1. The summed E-state index contributed by atoms with van der Waals surface area (Å²) < 4.78 is 2.00. The van der Waals surface area contributed by atoms with Crippen molar-refractivity contribution in [3.8, 4) is 17.5 Å². The fraction of sp³-hybridized carbons (Fsp3) is 0.158. The number of thioether (sulfide) groups is 1. The molecule has 0 saturated heterocycles. The molecule has 0 aliphatic carbocycles. The van der Waals surface area contributed by atoms with Crippen LogP contribution in [0.2, 0.25) is 0 Å². The van der Waals surface area contributed by atoms with Crippen LogP contribution in [0, 0.1) is 11.3 Å². The zero-order chi connectivity index (χ0) is 18.4. The summed E-state index contributed by atoms with van der Waals surface area (Å²) in [5, 5.41) is 20.8. The van der Waals surface area contributed by atoms with Gasteiger partial charge in [-0.2, -0.15) is 5.26 Å². The fourth-order valence-electron chi connectivity index (χ4n) is 2.44. The van der Waals surface area contributed by atoms with Crippen molar-refractivity contribution in [2.24, 2.45) is 0 Å². The van der Waals surface area contributed by atoms with Gasteiger partial charge in [0.05, 0.1) is 17.4 Å². The maximum Gasteiger partial charge on any atom is 0.234 e. The SMILES string of the molecule is CCn1c(SCC(=O)Nc2ccc(C#N)cc2)nnc1-c1ccccc1. The third kappa shape index (κ3) is 4.10. The summed E-state index contributed by atoms with van der Waals surface area (Å²) in [6.45, 7) is 2.74. The molecule has 130 valence electrons. The van der Waals surface area contributed by atoms with Crippen molar-refractivity contribution in [2.75, 3.05) is 11.1 Å². The fourth-order valence-corrected chi connectivity index (χ4v) is 3.24. The zero-order valence-electron chi connectivity index (χ0n) is 14.2. The first-order valence-electron chi connectivity index (χ1n) is 8.12. The topological polar surface area (TPSA) is 83.6 Å². The Labute approximate surface area is 155 Å². The molecule has 1 aromatic heterocycles. The lowest BCUT2D eigenvalue weighted by Crippen LogP contribution is -2.14. The smallest absolute Gasteiger partial charge is 0.234 e. The average molecular weight is 363 g/mol. The summed E-state index contributed by atoms with van der Waals surface area (Å²) in [6, 6.07) is 18.7. The van der Waals surface area contributed by atoms with Crippen molar-refractivity contribution in [1.82, 2.24) is 14.8 Å². The molecule has 0 bridgehead atoms. The monoisotopic (exact) mass is 363 g/mol. The van der Waals surface area contributed by atoms with E-state index in [1.54, 1.807) is 24.3 Å². The van der Waals surface area contributed by atoms with Gasteiger partial charge in [0.2, 0.25) is 5.91 Å². The van der Waals surface area contributed by atoms with Crippen LogP contribution in [0.15, 0.2) is 59.8 Å². The molecule has 26 heavy (non-hydrogen) atoms. The molecule has 1 amide bonds. The standard InChI is InChI=1S/C19H17N5OS/c1-2-24-18(15-6-4-3-5-7-15)22-23-19(24)26-13-17(25)21-16-10-8-14(12-20)9-11-16/h3-11H,2,13H2,1H3,(H,21,25). The van der Waals surface area contributed by atoms with Crippen molar-refractivity contribution >= 4 is 23.4 Å². The van der Waals surface area contributed by atoms with E-state index in [0.29, 0.717) is 16.4 Å². The number of carbonyl (C=O) groups is 1. The molecule has 3 aromatic rings. The van der Waals surface area contributed by atoms with E-state index in [1.807, 2.05) is 47.9 Å². The van der Waals surface area contributed by atoms with Crippen LogP contribution in [0.25, 0.3) is 11.4 Å². The summed E-state index contributed by atoms with van der Waals surface area (Å²) in [7, 11) is 0. The van der Waals surface area contributed by atoms with E-state index in [2.05, 4.69) is 15.5 Å². The van der Waals surface area contributed by atoms with E-state index in [4.69, 9.17) is 5.26 Å². The van der Waals surface area contributed by atoms with Crippen LogP contribution in [0.5, 0.6) is 0 Å². The van der Waals surface area contributed by atoms with Gasteiger partial charge in [0.15, 0.2) is 11.0 Å². The van der Waals surface area contributed by atoms with Crippen LogP contribution in [0.4, 0.5) is 5.69 Å². The molecule has 0 fully saturated rings. The number of aromatic nitrogens is 3. The molecule has 3 rings (SSSR count). The van der Waals surface area contributed by atoms with Gasteiger partial charge in [0.1, 0.15) is 0 Å². The molecule has 0 saturated carbocycles. The number of rotatable bonds is 6. The van der Waals surface area contributed by atoms with Crippen molar-refractivity contribution in [1.29, 1.82) is 5.26 Å². The normalized spacial score (nSPS) is 10.3. The van der Waals surface area contributed by atoms with Crippen LogP contribution < -0.4 is 5.32 Å². The van der Waals surface area contributed by atoms with Crippen molar-refractivity contribution < 1.29 is 4.79 Å². The summed E-state index contributed by atoms with van der Waals surface area (Å²) in [5.74, 6) is 0.891. The number of nitrogens with zero attached hydrogens (tertiary/aromatic N) is 4. The van der Waals surface area contributed by atoms with Gasteiger partial charge in [-0.05, 0) is 31.2 Å². The number of amides is 1. The summed E-state index contributed by atoms with van der Waals surface area (Å²) >= 11 is 1.35. The van der Waals surface area contributed by atoms with E-state index in [-0.39, 0.29) is 11.7 Å². The van der Waals surface area contributed by atoms with Gasteiger partial charge in [0.25, 0.3) is 0 Å². The quantitative estimate of drug-likeness (QED) is 0.677. The summed E-state index contributed by atoms with van der Waals surface area (Å²) in [6.07, 6.45) is 0. The third-order valence-electron chi connectivity index (χ3n) is 3.70. The third-order valence-corrected chi connectivity index (χ3v) is 4.66. The molecule has 0 unspecified atom stereocenters. The van der Waals surface area contributed by atoms with Gasteiger partial charge >= 0.3 is 0 Å². The van der Waals surface area contributed by atoms with E-state index in [0.717, 1.165) is 17.9 Å². The Hall–Kier alpha value is -3.11. The first-order valence-corrected chi connectivity index (χ1v) is 9.11. The van der Waals surface area contributed by atoms with Crippen LogP contribution >= 0.6 is 11.8 Å². The average Bonchev–Trinajstić information content (AvgIpc) is 3.10. The van der Waals surface area contributed by atoms with E-state index >= 15 is 0 Å². The molecule has 0 radical (unpaired) electrons. The Balaban J connectivity index is 1.65. The lowest BCUT2D eigenvalue weighted by atomic mass is 10.2. The number of carbonyl (C=O) groups excluding carboxylic acids is 1. The van der Waals surface area contributed by atoms with Crippen LogP contribution in [-0.4, -0.2) is 26.4 Å². The summed E-state index contributed by atoms with van der Waals surface area (Å²) in [4.78, 5) is 12.2. The van der Waals surface area contributed by atoms with Gasteiger partial charge in [-0.1, -0.05) is 42.1 Å². The Morgan fingerprint density at radius 1 is 1.15 bits per heavy atom. The molecule has 0 atom stereocenters. The summed E-state index contributed by atoms with van der Waals surface area (Å²) in [5.41, 5.74) is 2.22. The predicted molar refractivity (Wildman–Crippen MR) is 102 cm³/mol. The van der Waals surface area contributed by atoms with Gasteiger partial charge in [-0.25, -0.2) is 0 Å². The van der Waals surface area contributed by atoms with Gasteiger partial charge < -0.3 is 9.88 Å². The van der Waals surface area contributed by atoms with Gasteiger partial charge in [0, 0.05) is 17.8 Å². The lowest BCUT2D eigenvalue weighted by molar-refractivity contribution is -0.113. The Morgan fingerprint density at radius 3 is 2.54 bits per heavy atom. The van der Waals surface area contributed by atoms with E-state index in [9.17, 15) is 4.79 Å². The minimum absolute atomic E-state index is 0.133. The number of anilines is 1. The molecule has 0 aliphatic rings. The minimum atomic E-state index is -0.133. The zero-order valence-corrected chi connectivity index (χ0v) is 15.0. The lowest BCUT2D eigenvalue weighted by Gasteiger charge is -2.08.